The second-order valence-electron chi connectivity index (χ2n) is 2.26. The summed E-state index contributed by atoms with van der Waals surface area (Å²) in [7, 11) is 0. The zero-order valence-electron chi connectivity index (χ0n) is 5.89. The van der Waals surface area contributed by atoms with E-state index in [-0.39, 0.29) is 18.2 Å². The summed E-state index contributed by atoms with van der Waals surface area (Å²) in [6.07, 6.45) is 0.881. The van der Waals surface area contributed by atoms with Gasteiger partial charge in [-0.25, -0.2) is 0 Å². The van der Waals surface area contributed by atoms with Crippen LogP contribution in [-0.4, -0.2) is 23.4 Å². The van der Waals surface area contributed by atoms with Crippen LogP contribution in [-0.2, 0) is 9.59 Å². The topological polar surface area (TPSA) is 49.4 Å². The maximum atomic E-state index is 10.8. The van der Waals surface area contributed by atoms with Crippen LogP contribution in [0.15, 0.2) is 0 Å². The van der Waals surface area contributed by atoms with Gasteiger partial charge in [-0.1, -0.05) is 6.92 Å². The number of carbonyl (C=O) groups is 2. The Morgan fingerprint density at radius 2 is 2.30 bits per heavy atom. The van der Waals surface area contributed by atoms with Crippen molar-refractivity contribution in [1.82, 2.24) is 10.4 Å². The average Bonchev–Trinajstić information content (AvgIpc) is 2.13. The van der Waals surface area contributed by atoms with E-state index in [9.17, 15) is 9.59 Å². The van der Waals surface area contributed by atoms with E-state index in [0.717, 1.165) is 6.42 Å². The number of hydrogen-bond donors (Lipinski definition) is 1. The lowest BCUT2D eigenvalue weighted by atomic mass is 10.4. The summed E-state index contributed by atoms with van der Waals surface area (Å²) < 4.78 is 0. The first-order chi connectivity index (χ1) is 4.74. The number of amides is 2. The van der Waals surface area contributed by atoms with Gasteiger partial charge in [-0.3, -0.25) is 20.0 Å². The molecule has 1 aliphatic heterocycles. The van der Waals surface area contributed by atoms with Gasteiger partial charge in [-0.05, 0) is 6.42 Å². The third-order valence-corrected chi connectivity index (χ3v) is 1.32. The van der Waals surface area contributed by atoms with Gasteiger partial charge in [0.1, 0.15) is 6.42 Å². The van der Waals surface area contributed by atoms with Crippen LogP contribution in [0.2, 0.25) is 0 Å². The first-order valence-electron chi connectivity index (χ1n) is 3.34. The van der Waals surface area contributed by atoms with E-state index in [0.29, 0.717) is 6.54 Å². The fraction of sp³-hybridized carbons (Fsp3) is 0.667. The predicted octanol–water partition coefficient (Wildman–Crippen LogP) is -0.340. The highest BCUT2D eigenvalue weighted by atomic mass is 16.2. The molecule has 0 radical (unpaired) electrons. The van der Waals surface area contributed by atoms with E-state index in [1.165, 1.54) is 5.01 Å². The molecule has 0 spiro atoms. The van der Waals surface area contributed by atoms with E-state index in [2.05, 4.69) is 5.43 Å². The van der Waals surface area contributed by atoms with Crippen LogP contribution in [0.4, 0.5) is 0 Å². The Kier molecular flexibility index (Phi) is 1.89. The van der Waals surface area contributed by atoms with Gasteiger partial charge in [0.25, 0.3) is 0 Å². The van der Waals surface area contributed by atoms with E-state index < -0.39 is 0 Å². The summed E-state index contributed by atoms with van der Waals surface area (Å²) in [5.74, 6) is -0.315. The smallest absolute Gasteiger partial charge is 0.250 e. The fourth-order valence-electron chi connectivity index (χ4n) is 0.889. The number of carbonyl (C=O) groups excluding carboxylic acids is 2. The molecule has 1 heterocycles. The molecule has 1 saturated heterocycles. The van der Waals surface area contributed by atoms with Gasteiger partial charge in [0.05, 0.1) is 0 Å². The molecule has 0 aromatic rings. The molecule has 4 heteroatoms. The maximum Gasteiger partial charge on any atom is 0.250 e. The Labute approximate surface area is 59.2 Å². The van der Waals surface area contributed by atoms with E-state index in [1.807, 2.05) is 6.92 Å². The molecular formula is C6H10N2O2. The normalized spacial score (nSPS) is 17.9. The Hall–Kier alpha value is -1.06. The Morgan fingerprint density at radius 1 is 1.60 bits per heavy atom. The minimum atomic E-state index is -0.196. The monoisotopic (exact) mass is 142 g/mol. The fourth-order valence-corrected chi connectivity index (χ4v) is 0.889. The van der Waals surface area contributed by atoms with Crippen LogP contribution >= 0.6 is 0 Å². The van der Waals surface area contributed by atoms with Crippen molar-refractivity contribution in [2.75, 3.05) is 6.54 Å². The molecule has 0 aromatic carbocycles. The van der Waals surface area contributed by atoms with Crippen molar-refractivity contribution in [2.45, 2.75) is 19.8 Å². The van der Waals surface area contributed by atoms with Crippen LogP contribution in [0.25, 0.3) is 0 Å². The molecule has 0 aliphatic carbocycles. The number of rotatable bonds is 2. The Balaban J connectivity index is 2.46. The predicted molar refractivity (Wildman–Crippen MR) is 34.8 cm³/mol. The van der Waals surface area contributed by atoms with Gasteiger partial charge in [-0.2, -0.15) is 0 Å². The Morgan fingerprint density at radius 3 is 2.70 bits per heavy atom. The lowest BCUT2D eigenvalue weighted by Crippen LogP contribution is -2.36. The van der Waals surface area contributed by atoms with Crippen LogP contribution in [0.1, 0.15) is 19.8 Å². The first-order valence-corrected chi connectivity index (χ1v) is 3.34. The largest absolute Gasteiger partial charge is 0.273 e. The molecular weight excluding hydrogens is 132 g/mol. The number of nitrogens with zero attached hydrogens (tertiary/aromatic N) is 1. The van der Waals surface area contributed by atoms with E-state index >= 15 is 0 Å². The van der Waals surface area contributed by atoms with Crippen LogP contribution < -0.4 is 5.43 Å². The van der Waals surface area contributed by atoms with Gasteiger partial charge in [0.15, 0.2) is 0 Å². The van der Waals surface area contributed by atoms with Crippen LogP contribution in [0.5, 0.6) is 0 Å². The summed E-state index contributed by atoms with van der Waals surface area (Å²) in [5.41, 5.74) is 2.45. The molecule has 4 nitrogen and oxygen atoms in total. The van der Waals surface area contributed by atoms with E-state index in [1.54, 1.807) is 0 Å². The molecule has 1 N–H and O–H groups in total. The quantitative estimate of drug-likeness (QED) is 0.536. The van der Waals surface area contributed by atoms with Crippen molar-refractivity contribution in [3.63, 3.8) is 0 Å². The lowest BCUT2D eigenvalue weighted by molar-refractivity contribution is -0.129. The third-order valence-electron chi connectivity index (χ3n) is 1.32. The zero-order chi connectivity index (χ0) is 7.56. The van der Waals surface area contributed by atoms with Gasteiger partial charge >= 0.3 is 0 Å². The zero-order valence-corrected chi connectivity index (χ0v) is 5.89. The molecule has 10 heavy (non-hydrogen) atoms. The van der Waals surface area contributed by atoms with Gasteiger partial charge in [0, 0.05) is 6.54 Å². The van der Waals surface area contributed by atoms with Crippen LogP contribution in [0, 0.1) is 0 Å². The summed E-state index contributed by atoms with van der Waals surface area (Å²) >= 11 is 0. The standard InChI is InChI=1S/C6H10N2O2/c1-2-3-8-6(10)4-5(9)7-8/h2-4H2,1H3,(H,7,9). The van der Waals surface area contributed by atoms with Crippen molar-refractivity contribution in [3.05, 3.63) is 0 Å². The lowest BCUT2D eigenvalue weighted by Gasteiger charge is -2.12. The number of nitrogens with one attached hydrogen (secondary N) is 1. The highest BCUT2D eigenvalue weighted by Crippen LogP contribution is 2.00. The van der Waals surface area contributed by atoms with Crippen molar-refractivity contribution in [2.24, 2.45) is 0 Å². The summed E-state index contributed by atoms with van der Waals surface area (Å²) in [6, 6.07) is 0. The minimum Gasteiger partial charge on any atom is -0.273 e. The SMILES string of the molecule is CCCN1NC(=O)CC1=O. The molecule has 1 rings (SSSR count). The third kappa shape index (κ3) is 1.26. The molecule has 0 saturated carbocycles. The molecule has 1 aliphatic rings. The first kappa shape index (κ1) is 7.05. The summed E-state index contributed by atoms with van der Waals surface area (Å²) in [5, 5.41) is 1.36. The number of hydrazine groups is 1. The van der Waals surface area contributed by atoms with Gasteiger partial charge < -0.3 is 0 Å². The molecule has 2 amide bonds. The highest BCUT2D eigenvalue weighted by Gasteiger charge is 2.25. The molecule has 1 fully saturated rings. The van der Waals surface area contributed by atoms with Crippen molar-refractivity contribution < 1.29 is 9.59 Å². The summed E-state index contributed by atoms with van der Waals surface area (Å²) in [6.45, 7) is 2.57. The average molecular weight is 142 g/mol. The second-order valence-corrected chi connectivity index (χ2v) is 2.26. The van der Waals surface area contributed by atoms with E-state index in [4.69, 9.17) is 0 Å². The van der Waals surface area contributed by atoms with Gasteiger partial charge in [0.2, 0.25) is 11.8 Å². The van der Waals surface area contributed by atoms with Crippen molar-refractivity contribution >= 4 is 11.8 Å². The molecule has 56 valence electrons. The Bertz CT molecular complexity index is 167. The van der Waals surface area contributed by atoms with Crippen molar-refractivity contribution in [3.8, 4) is 0 Å². The summed E-state index contributed by atoms with van der Waals surface area (Å²) in [4.78, 5) is 21.4. The second kappa shape index (κ2) is 2.68. The number of hydrogen-bond acceptors (Lipinski definition) is 2. The molecule has 0 bridgehead atoms. The molecule has 0 aromatic heterocycles. The van der Waals surface area contributed by atoms with Crippen molar-refractivity contribution in [1.29, 1.82) is 0 Å². The minimum absolute atomic E-state index is 0.0139. The molecule has 0 atom stereocenters. The van der Waals surface area contributed by atoms with Crippen LogP contribution in [0.3, 0.4) is 0 Å². The molecule has 0 unspecified atom stereocenters. The van der Waals surface area contributed by atoms with Gasteiger partial charge in [-0.15, -0.1) is 0 Å². The maximum absolute atomic E-state index is 10.8. The highest BCUT2D eigenvalue weighted by molar-refractivity contribution is 6.01.